The summed E-state index contributed by atoms with van der Waals surface area (Å²) >= 11 is 0. The van der Waals surface area contributed by atoms with E-state index in [-0.39, 0.29) is 17.7 Å². The fourth-order valence-corrected chi connectivity index (χ4v) is 4.79. The predicted molar refractivity (Wildman–Crippen MR) is 110 cm³/mol. The van der Waals surface area contributed by atoms with Crippen LogP contribution in [0.25, 0.3) is 11.4 Å². The SMILES string of the molecule is O=C(CC1CCCC1)N1C[C@@H](c2cccnc2)[C@H](c2nc(-c3ccncc3)no2)C1. The average molecular weight is 403 g/mol. The smallest absolute Gasteiger partial charge is 0.232 e. The zero-order valence-corrected chi connectivity index (χ0v) is 16.9. The minimum atomic E-state index is -0.0372. The van der Waals surface area contributed by atoms with Gasteiger partial charge in [-0.3, -0.25) is 14.8 Å². The highest BCUT2D eigenvalue weighted by atomic mass is 16.5. The molecule has 1 aliphatic heterocycles. The molecule has 1 saturated carbocycles. The highest BCUT2D eigenvalue weighted by molar-refractivity contribution is 5.77. The highest BCUT2D eigenvalue weighted by Gasteiger charge is 2.40. The van der Waals surface area contributed by atoms with Gasteiger partial charge < -0.3 is 9.42 Å². The van der Waals surface area contributed by atoms with Crippen LogP contribution in [0.2, 0.25) is 0 Å². The van der Waals surface area contributed by atoms with E-state index in [0.717, 1.165) is 11.1 Å². The monoisotopic (exact) mass is 403 g/mol. The van der Waals surface area contributed by atoms with Gasteiger partial charge in [-0.1, -0.05) is 24.1 Å². The number of carbonyl (C=O) groups excluding carboxylic acids is 1. The van der Waals surface area contributed by atoms with Crippen molar-refractivity contribution in [3.05, 3.63) is 60.5 Å². The van der Waals surface area contributed by atoms with Crippen LogP contribution in [-0.2, 0) is 4.79 Å². The molecule has 1 saturated heterocycles. The fourth-order valence-electron chi connectivity index (χ4n) is 4.79. The molecule has 0 radical (unpaired) electrons. The normalized spacial score (nSPS) is 21.9. The summed E-state index contributed by atoms with van der Waals surface area (Å²) in [6.07, 6.45) is 12.6. The third kappa shape index (κ3) is 3.84. The molecule has 5 rings (SSSR count). The van der Waals surface area contributed by atoms with Crippen LogP contribution in [0, 0.1) is 5.92 Å². The Morgan fingerprint density at radius 1 is 1.03 bits per heavy atom. The number of pyridine rings is 2. The summed E-state index contributed by atoms with van der Waals surface area (Å²) in [5.41, 5.74) is 1.97. The minimum Gasteiger partial charge on any atom is -0.341 e. The third-order valence-electron chi connectivity index (χ3n) is 6.42. The Hall–Kier alpha value is -3.09. The lowest BCUT2D eigenvalue weighted by atomic mass is 9.90. The van der Waals surface area contributed by atoms with E-state index in [1.165, 1.54) is 25.7 Å². The van der Waals surface area contributed by atoms with Crippen molar-refractivity contribution in [3.63, 3.8) is 0 Å². The summed E-state index contributed by atoms with van der Waals surface area (Å²) in [5.74, 6) is 1.96. The first kappa shape index (κ1) is 18.9. The van der Waals surface area contributed by atoms with Gasteiger partial charge in [0.05, 0.1) is 5.92 Å². The molecule has 0 spiro atoms. The van der Waals surface area contributed by atoms with E-state index in [9.17, 15) is 4.79 Å². The molecule has 2 aliphatic rings. The standard InChI is InChI=1S/C23H25N5O2/c29-21(12-16-4-1-2-5-16)28-14-19(18-6-3-9-25-13-18)20(15-28)23-26-22(27-30-23)17-7-10-24-11-8-17/h3,6-11,13,16,19-20H,1-2,4-5,12,14-15H2/t19-,20+/m0/s1. The lowest BCUT2D eigenvalue weighted by molar-refractivity contribution is -0.131. The molecule has 0 aromatic carbocycles. The van der Waals surface area contributed by atoms with Gasteiger partial charge in [0.15, 0.2) is 0 Å². The molecule has 3 aromatic heterocycles. The van der Waals surface area contributed by atoms with E-state index in [2.05, 4.69) is 26.2 Å². The van der Waals surface area contributed by atoms with Gasteiger partial charge in [0, 0.05) is 55.8 Å². The first-order valence-corrected chi connectivity index (χ1v) is 10.7. The van der Waals surface area contributed by atoms with Gasteiger partial charge in [0.25, 0.3) is 0 Å². The van der Waals surface area contributed by atoms with Crippen LogP contribution in [-0.4, -0.2) is 44.0 Å². The molecule has 1 aliphatic carbocycles. The molecule has 1 amide bonds. The minimum absolute atomic E-state index is 0.0372. The van der Waals surface area contributed by atoms with Crippen molar-refractivity contribution in [2.45, 2.75) is 43.9 Å². The van der Waals surface area contributed by atoms with Gasteiger partial charge >= 0.3 is 0 Å². The van der Waals surface area contributed by atoms with Crippen molar-refractivity contribution in [3.8, 4) is 11.4 Å². The molecular weight excluding hydrogens is 378 g/mol. The van der Waals surface area contributed by atoms with Gasteiger partial charge in [0.2, 0.25) is 17.6 Å². The number of amides is 1. The van der Waals surface area contributed by atoms with E-state index in [1.54, 1.807) is 18.6 Å². The molecule has 154 valence electrons. The maximum absolute atomic E-state index is 13.0. The van der Waals surface area contributed by atoms with Crippen LogP contribution >= 0.6 is 0 Å². The summed E-state index contributed by atoms with van der Waals surface area (Å²) in [7, 11) is 0. The van der Waals surface area contributed by atoms with Gasteiger partial charge in [-0.25, -0.2) is 0 Å². The third-order valence-corrected chi connectivity index (χ3v) is 6.42. The molecule has 0 unspecified atom stereocenters. The maximum Gasteiger partial charge on any atom is 0.232 e. The zero-order chi connectivity index (χ0) is 20.3. The second kappa shape index (κ2) is 8.34. The molecular formula is C23H25N5O2. The molecule has 2 fully saturated rings. The van der Waals surface area contributed by atoms with Crippen LogP contribution < -0.4 is 0 Å². The summed E-state index contributed by atoms with van der Waals surface area (Å²) in [6, 6.07) is 7.72. The second-order valence-electron chi connectivity index (χ2n) is 8.34. The van der Waals surface area contributed by atoms with Gasteiger partial charge in [0.1, 0.15) is 0 Å². The van der Waals surface area contributed by atoms with Crippen LogP contribution in [0.1, 0.15) is 55.4 Å². The predicted octanol–water partition coefficient (Wildman–Crippen LogP) is 3.82. The average Bonchev–Trinajstić information content (AvgIpc) is 3.55. The summed E-state index contributed by atoms with van der Waals surface area (Å²) in [6.45, 7) is 1.26. The van der Waals surface area contributed by atoms with Crippen molar-refractivity contribution < 1.29 is 9.32 Å². The van der Waals surface area contributed by atoms with E-state index in [1.807, 2.05) is 29.3 Å². The summed E-state index contributed by atoms with van der Waals surface area (Å²) in [5, 5.41) is 4.18. The van der Waals surface area contributed by atoms with Crippen molar-refractivity contribution in [1.82, 2.24) is 25.0 Å². The molecule has 7 heteroatoms. The number of aromatic nitrogens is 4. The van der Waals surface area contributed by atoms with Gasteiger partial charge in [-0.2, -0.15) is 4.98 Å². The van der Waals surface area contributed by atoms with Gasteiger partial charge in [-0.05, 0) is 42.5 Å². The summed E-state index contributed by atoms with van der Waals surface area (Å²) in [4.78, 5) is 28.0. The molecule has 7 nitrogen and oxygen atoms in total. The van der Waals surface area contributed by atoms with E-state index < -0.39 is 0 Å². The van der Waals surface area contributed by atoms with E-state index >= 15 is 0 Å². The quantitative estimate of drug-likeness (QED) is 0.644. The lowest BCUT2D eigenvalue weighted by Crippen LogP contribution is -2.30. The summed E-state index contributed by atoms with van der Waals surface area (Å²) < 4.78 is 5.68. The number of hydrogen-bond donors (Lipinski definition) is 0. The molecule has 0 bridgehead atoms. The number of likely N-dealkylation sites (tertiary alicyclic amines) is 1. The van der Waals surface area contributed by atoms with E-state index in [0.29, 0.717) is 37.1 Å². The van der Waals surface area contributed by atoms with Crippen LogP contribution in [0.3, 0.4) is 0 Å². The lowest BCUT2D eigenvalue weighted by Gasteiger charge is -2.18. The van der Waals surface area contributed by atoms with Gasteiger partial charge in [-0.15, -0.1) is 0 Å². The number of carbonyl (C=O) groups is 1. The van der Waals surface area contributed by atoms with Crippen molar-refractivity contribution >= 4 is 5.91 Å². The first-order valence-electron chi connectivity index (χ1n) is 10.7. The number of nitrogens with zero attached hydrogens (tertiary/aromatic N) is 5. The van der Waals surface area contributed by atoms with Crippen molar-refractivity contribution in [2.24, 2.45) is 5.92 Å². The molecule has 3 aromatic rings. The number of hydrogen-bond acceptors (Lipinski definition) is 6. The van der Waals surface area contributed by atoms with Crippen LogP contribution in [0.15, 0.2) is 53.6 Å². The Bertz CT molecular complexity index is 985. The highest BCUT2D eigenvalue weighted by Crippen LogP contribution is 2.40. The van der Waals surface area contributed by atoms with E-state index in [4.69, 9.17) is 4.52 Å². The Labute approximate surface area is 175 Å². The second-order valence-corrected chi connectivity index (χ2v) is 8.34. The van der Waals surface area contributed by atoms with Crippen molar-refractivity contribution in [2.75, 3.05) is 13.1 Å². The molecule has 30 heavy (non-hydrogen) atoms. The number of rotatable bonds is 5. The Morgan fingerprint density at radius 2 is 1.83 bits per heavy atom. The Morgan fingerprint density at radius 3 is 2.60 bits per heavy atom. The largest absolute Gasteiger partial charge is 0.341 e. The van der Waals surface area contributed by atoms with Crippen LogP contribution in [0.4, 0.5) is 0 Å². The molecule has 4 heterocycles. The Kier molecular flexibility index (Phi) is 5.26. The molecule has 2 atom stereocenters. The Balaban J connectivity index is 1.40. The van der Waals surface area contributed by atoms with Crippen molar-refractivity contribution in [1.29, 1.82) is 0 Å². The zero-order valence-electron chi connectivity index (χ0n) is 16.9. The van der Waals surface area contributed by atoms with Crippen LogP contribution in [0.5, 0.6) is 0 Å². The maximum atomic E-state index is 13.0. The first-order chi connectivity index (χ1) is 14.8. The topological polar surface area (TPSA) is 85.0 Å². The fraction of sp³-hybridized carbons (Fsp3) is 0.435. The molecule has 0 N–H and O–H groups in total.